The van der Waals surface area contributed by atoms with Crippen LogP contribution in [0, 0.1) is 0 Å². The molecule has 2 heterocycles. The van der Waals surface area contributed by atoms with Gasteiger partial charge in [0.05, 0.1) is 13.3 Å². The number of methoxy groups -OCH3 is 1. The van der Waals surface area contributed by atoms with E-state index in [0.29, 0.717) is 12.3 Å². The van der Waals surface area contributed by atoms with Crippen LogP contribution < -0.4 is 4.74 Å². The first kappa shape index (κ1) is 16.3. The van der Waals surface area contributed by atoms with E-state index in [1.165, 1.54) is 5.57 Å². The summed E-state index contributed by atoms with van der Waals surface area (Å²) < 4.78 is 7.22. The lowest BCUT2D eigenvalue weighted by atomic mass is 10.0. The van der Waals surface area contributed by atoms with Gasteiger partial charge in [-0.05, 0) is 37.1 Å². The molecule has 0 fully saturated rings. The molecule has 124 valence electrons. The number of aromatic nitrogens is 2. The summed E-state index contributed by atoms with van der Waals surface area (Å²) in [6.45, 7) is 0.642. The molecule has 1 N–H and O–H groups in total. The molecule has 0 bridgehead atoms. The van der Waals surface area contributed by atoms with Gasteiger partial charge in [0.25, 0.3) is 0 Å². The highest BCUT2D eigenvalue weighted by atomic mass is 35.5. The molecule has 24 heavy (non-hydrogen) atoms. The normalized spacial score (nSPS) is 14.8. The van der Waals surface area contributed by atoms with Gasteiger partial charge in [-0.15, -0.1) is 0 Å². The molecule has 6 heteroatoms. The number of carboxylic acids is 1. The molecule has 0 unspecified atom stereocenters. The third kappa shape index (κ3) is 3.51. The predicted molar refractivity (Wildman–Crippen MR) is 94.2 cm³/mol. The number of halogens is 1. The molecule has 2 aromatic heterocycles. The van der Waals surface area contributed by atoms with Gasteiger partial charge < -0.3 is 14.4 Å². The van der Waals surface area contributed by atoms with Gasteiger partial charge in [0.1, 0.15) is 11.4 Å². The van der Waals surface area contributed by atoms with Crippen molar-refractivity contribution in [1.29, 1.82) is 0 Å². The van der Waals surface area contributed by atoms with Crippen LogP contribution in [0.25, 0.3) is 17.1 Å². The number of carbonyl (C=O) groups is 1. The number of ether oxygens (including phenoxy) is 1. The van der Waals surface area contributed by atoms with Gasteiger partial charge in [-0.3, -0.25) is 0 Å². The molecule has 0 radical (unpaired) electrons. The summed E-state index contributed by atoms with van der Waals surface area (Å²) in [5.74, 6) is -0.316. The number of rotatable bonds is 5. The first-order chi connectivity index (χ1) is 11.6. The lowest BCUT2D eigenvalue weighted by Crippen LogP contribution is -2.06. The van der Waals surface area contributed by atoms with Crippen molar-refractivity contribution >= 4 is 34.7 Å². The zero-order chi connectivity index (χ0) is 17.1. The van der Waals surface area contributed by atoms with Crippen molar-refractivity contribution in [1.82, 2.24) is 9.55 Å². The summed E-state index contributed by atoms with van der Waals surface area (Å²) in [5, 5.41) is 10.7. The van der Waals surface area contributed by atoms with E-state index in [2.05, 4.69) is 4.98 Å². The number of fused-ring (bicyclic) bond motifs is 1. The Balaban J connectivity index is 2.05. The number of hydrogen-bond acceptors (Lipinski definition) is 3. The summed E-state index contributed by atoms with van der Waals surface area (Å²) >= 11 is 6.02. The second kappa shape index (κ2) is 6.93. The van der Waals surface area contributed by atoms with Gasteiger partial charge in [0, 0.05) is 28.7 Å². The highest BCUT2D eigenvalue weighted by molar-refractivity contribution is 6.29. The zero-order valence-electron chi connectivity index (χ0n) is 13.2. The van der Waals surface area contributed by atoms with Crippen molar-refractivity contribution in [3.05, 3.63) is 52.9 Å². The van der Waals surface area contributed by atoms with Crippen LogP contribution in [0.5, 0.6) is 5.75 Å². The third-order valence-electron chi connectivity index (χ3n) is 3.92. The Morgan fingerprint density at radius 1 is 1.42 bits per heavy atom. The topological polar surface area (TPSA) is 64.3 Å². The third-order valence-corrected chi connectivity index (χ3v) is 4.23. The Hall–Kier alpha value is -2.53. The molecule has 5 nitrogen and oxygen atoms in total. The number of hydrogen-bond donors (Lipinski definition) is 1. The molecule has 2 aromatic rings. The average Bonchev–Trinajstić information content (AvgIpc) is 2.91. The number of allylic oxidation sites excluding steroid dienone is 4. The molecule has 0 saturated carbocycles. The Morgan fingerprint density at radius 2 is 2.25 bits per heavy atom. The Labute approximate surface area is 144 Å². The lowest BCUT2D eigenvalue weighted by Gasteiger charge is -2.14. The van der Waals surface area contributed by atoms with Crippen molar-refractivity contribution in [3.8, 4) is 5.75 Å². The Bertz CT molecular complexity index is 878. The number of aliphatic carboxylic acids is 1. The van der Waals surface area contributed by atoms with Gasteiger partial charge in [0.15, 0.2) is 0 Å². The lowest BCUT2D eigenvalue weighted by molar-refractivity contribution is -0.131. The molecule has 0 aromatic carbocycles. The maximum Gasteiger partial charge on any atom is 0.328 e. The molecule has 3 rings (SSSR count). The Kier molecular flexibility index (Phi) is 4.71. The zero-order valence-corrected chi connectivity index (χ0v) is 14.0. The van der Waals surface area contributed by atoms with Crippen LogP contribution in [0.4, 0.5) is 0 Å². The molecule has 0 aliphatic heterocycles. The van der Waals surface area contributed by atoms with Crippen molar-refractivity contribution in [2.75, 3.05) is 7.11 Å². The van der Waals surface area contributed by atoms with Gasteiger partial charge in [0.2, 0.25) is 0 Å². The van der Waals surface area contributed by atoms with Crippen LogP contribution in [-0.4, -0.2) is 27.7 Å². The first-order valence-electron chi connectivity index (χ1n) is 7.55. The van der Waals surface area contributed by atoms with E-state index < -0.39 is 5.97 Å². The SMILES string of the molecule is COc1cnc2c(c1)cc(/C=C/C(=O)O)n2CC1=CC=C(Cl)CC1. The Morgan fingerprint density at radius 3 is 2.92 bits per heavy atom. The van der Waals surface area contributed by atoms with Crippen LogP contribution in [0.2, 0.25) is 0 Å². The molecule has 1 aliphatic carbocycles. The number of nitrogens with zero attached hydrogens (tertiary/aromatic N) is 2. The van der Waals surface area contributed by atoms with Crippen molar-refractivity contribution < 1.29 is 14.6 Å². The fourth-order valence-corrected chi connectivity index (χ4v) is 2.87. The largest absolute Gasteiger partial charge is 0.495 e. The summed E-state index contributed by atoms with van der Waals surface area (Å²) in [6, 6.07) is 3.81. The fraction of sp³-hybridized carbons (Fsp3) is 0.222. The number of carboxylic acid groups (broad SMARTS) is 1. The highest BCUT2D eigenvalue weighted by Crippen LogP contribution is 2.27. The predicted octanol–water partition coefficient (Wildman–Crippen LogP) is 3.99. The molecule has 0 amide bonds. The molecular formula is C18H17ClN2O3. The minimum Gasteiger partial charge on any atom is -0.495 e. The molecule has 0 spiro atoms. The summed E-state index contributed by atoms with van der Waals surface area (Å²) in [6.07, 6.45) is 10.0. The van der Waals surface area contributed by atoms with E-state index >= 15 is 0 Å². The standard InChI is InChI=1S/C18H17ClN2O3/c1-24-16-9-13-8-15(6-7-17(22)23)21(18(13)20-10-16)11-12-2-4-14(19)5-3-12/h2,4,6-10H,3,5,11H2,1H3,(H,22,23)/b7-6+. The van der Waals surface area contributed by atoms with E-state index in [1.54, 1.807) is 19.4 Å². The monoisotopic (exact) mass is 344 g/mol. The van der Waals surface area contributed by atoms with E-state index in [-0.39, 0.29) is 0 Å². The first-order valence-corrected chi connectivity index (χ1v) is 7.93. The smallest absolute Gasteiger partial charge is 0.328 e. The summed E-state index contributed by atoms with van der Waals surface area (Å²) in [7, 11) is 1.59. The van der Waals surface area contributed by atoms with E-state index in [4.69, 9.17) is 21.4 Å². The van der Waals surface area contributed by atoms with E-state index in [9.17, 15) is 4.79 Å². The van der Waals surface area contributed by atoms with E-state index in [1.807, 2.05) is 28.9 Å². The van der Waals surface area contributed by atoms with Gasteiger partial charge in [-0.25, -0.2) is 9.78 Å². The second-order valence-corrected chi connectivity index (χ2v) is 6.04. The average molecular weight is 345 g/mol. The molecule has 1 aliphatic rings. The maximum absolute atomic E-state index is 10.9. The second-order valence-electron chi connectivity index (χ2n) is 5.55. The van der Waals surface area contributed by atoms with Gasteiger partial charge in [-0.1, -0.05) is 23.3 Å². The van der Waals surface area contributed by atoms with Gasteiger partial charge in [-0.2, -0.15) is 0 Å². The van der Waals surface area contributed by atoms with E-state index in [0.717, 1.165) is 40.7 Å². The van der Waals surface area contributed by atoms with Crippen LogP contribution in [0.15, 0.2) is 47.2 Å². The van der Waals surface area contributed by atoms with Crippen LogP contribution in [0.1, 0.15) is 18.5 Å². The summed E-state index contributed by atoms with van der Waals surface area (Å²) in [5.41, 5.74) is 2.80. The highest BCUT2D eigenvalue weighted by Gasteiger charge is 2.13. The van der Waals surface area contributed by atoms with Crippen LogP contribution >= 0.6 is 11.6 Å². The quantitative estimate of drug-likeness (QED) is 0.833. The van der Waals surface area contributed by atoms with Crippen LogP contribution in [0.3, 0.4) is 0 Å². The van der Waals surface area contributed by atoms with Crippen molar-refractivity contribution in [2.24, 2.45) is 0 Å². The molecule has 0 atom stereocenters. The van der Waals surface area contributed by atoms with Crippen molar-refractivity contribution in [3.63, 3.8) is 0 Å². The minimum absolute atomic E-state index is 0.642. The molecule has 0 saturated heterocycles. The maximum atomic E-state index is 10.9. The summed E-state index contributed by atoms with van der Waals surface area (Å²) in [4.78, 5) is 15.3. The van der Waals surface area contributed by atoms with Crippen LogP contribution in [-0.2, 0) is 11.3 Å². The number of pyridine rings is 1. The fourth-order valence-electron chi connectivity index (χ4n) is 2.71. The molecular weight excluding hydrogens is 328 g/mol. The van der Waals surface area contributed by atoms with Gasteiger partial charge >= 0.3 is 5.97 Å². The minimum atomic E-state index is -0.982. The van der Waals surface area contributed by atoms with Crippen molar-refractivity contribution in [2.45, 2.75) is 19.4 Å².